The van der Waals surface area contributed by atoms with E-state index in [0.717, 1.165) is 61.3 Å². The number of anilines is 3. The molecule has 10 aromatic carbocycles. The molecule has 0 unspecified atom stereocenters. The Morgan fingerprint density at radius 3 is 1.03 bits per heavy atom. The Kier molecular flexibility index (Phi) is 9.57. The van der Waals surface area contributed by atoms with Crippen molar-refractivity contribution in [3.8, 4) is 66.8 Å². The van der Waals surface area contributed by atoms with E-state index in [0.29, 0.717) is 0 Å². The molecule has 0 aliphatic carbocycles. The largest absolute Gasteiger partial charge is 0.456 e. The van der Waals surface area contributed by atoms with E-state index >= 15 is 0 Å². The Balaban J connectivity index is 0.983. The third-order valence-electron chi connectivity index (χ3n) is 11.8. The van der Waals surface area contributed by atoms with Gasteiger partial charge in [-0.2, -0.15) is 0 Å². The number of hydrogen-bond donors (Lipinski definition) is 0. The molecule has 1 aromatic heterocycles. The predicted molar refractivity (Wildman–Crippen MR) is 261 cm³/mol. The summed E-state index contributed by atoms with van der Waals surface area (Å²) in [5.74, 6) is 0. The molecule has 2 nitrogen and oxygen atoms in total. The lowest BCUT2D eigenvalue weighted by Crippen LogP contribution is -2.10. The molecule has 0 saturated carbocycles. The van der Waals surface area contributed by atoms with Crippen molar-refractivity contribution in [2.24, 2.45) is 0 Å². The van der Waals surface area contributed by atoms with Crippen LogP contribution in [-0.4, -0.2) is 0 Å². The van der Waals surface area contributed by atoms with Crippen molar-refractivity contribution in [1.29, 1.82) is 0 Å². The van der Waals surface area contributed by atoms with Gasteiger partial charge in [0.2, 0.25) is 0 Å². The van der Waals surface area contributed by atoms with E-state index in [1.54, 1.807) is 0 Å². The molecule has 62 heavy (non-hydrogen) atoms. The first-order valence-electron chi connectivity index (χ1n) is 21.1. The van der Waals surface area contributed by atoms with E-state index in [1.807, 2.05) is 12.1 Å². The van der Waals surface area contributed by atoms with Gasteiger partial charge in [0.1, 0.15) is 11.2 Å². The number of benzene rings is 10. The minimum Gasteiger partial charge on any atom is -0.456 e. The number of hydrogen-bond acceptors (Lipinski definition) is 2. The normalized spacial score (nSPS) is 11.2. The number of furan rings is 1. The van der Waals surface area contributed by atoms with Gasteiger partial charge in [0.05, 0.1) is 0 Å². The second kappa shape index (κ2) is 16.1. The van der Waals surface area contributed by atoms with E-state index in [4.69, 9.17) is 4.42 Å². The first-order valence-corrected chi connectivity index (χ1v) is 21.1. The van der Waals surface area contributed by atoms with Gasteiger partial charge in [0.15, 0.2) is 0 Å². The summed E-state index contributed by atoms with van der Waals surface area (Å²) in [7, 11) is 0. The fourth-order valence-corrected chi connectivity index (χ4v) is 8.70. The molecule has 0 bridgehead atoms. The van der Waals surface area contributed by atoms with Crippen molar-refractivity contribution in [3.05, 3.63) is 249 Å². The van der Waals surface area contributed by atoms with Crippen LogP contribution in [0.4, 0.5) is 17.1 Å². The average Bonchev–Trinajstić information content (AvgIpc) is 3.73. The Morgan fingerprint density at radius 2 is 0.532 bits per heavy atom. The molecule has 11 rings (SSSR count). The highest BCUT2D eigenvalue weighted by molar-refractivity contribution is 6.06. The summed E-state index contributed by atoms with van der Waals surface area (Å²) in [5, 5.41) is 2.27. The molecule has 0 spiro atoms. The maximum atomic E-state index is 6.11. The van der Waals surface area contributed by atoms with E-state index in [-0.39, 0.29) is 0 Å². The van der Waals surface area contributed by atoms with Crippen LogP contribution < -0.4 is 4.90 Å². The Bertz CT molecular complexity index is 3220. The summed E-state index contributed by atoms with van der Waals surface area (Å²) >= 11 is 0. The highest BCUT2D eigenvalue weighted by Gasteiger charge is 2.17. The van der Waals surface area contributed by atoms with Gasteiger partial charge >= 0.3 is 0 Å². The van der Waals surface area contributed by atoms with Gasteiger partial charge in [-0.15, -0.1) is 0 Å². The number of para-hydroxylation sites is 1. The number of rotatable bonds is 9. The summed E-state index contributed by atoms with van der Waals surface area (Å²) in [6, 6.07) is 89.2. The first-order chi connectivity index (χ1) is 30.7. The fraction of sp³-hybridized carbons (Fsp3) is 0. The van der Waals surface area contributed by atoms with Gasteiger partial charge < -0.3 is 9.32 Å². The topological polar surface area (TPSA) is 16.4 Å². The molecule has 0 amide bonds. The summed E-state index contributed by atoms with van der Waals surface area (Å²) < 4.78 is 6.11. The van der Waals surface area contributed by atoms with Crippen LogP contribution in [0.3, 0.4) is 0 Å². The fourth-order valence-electron chi connectivity index (χ4n) is 8.70. The van der Waals surface area contributed by atoms with E-state index in [9.17, 15) is 0 Å². The van der Waals surface area contributed by atoms with E-state index in [1.165, 1.54) is 44.5 Å². The predicted octanol–water partition coefficient (Wildman–Crippen LogP) is 17.1. The van der Waals surface area contributed by atoms with Crippen LogP contribution in [0.2, 0.25) is 0 Å². The number of fused-ring (bicyclic) bond motifs is 3. The van der Waals surface area contributed by atoms with Crippen molar-refractivity contribution in [2.45, 2.75) is 0 Å². The van der Waals surface area contributed by atoms with Crippen LogP contribution in [0.25, 0.3) is 88.7 Å². The van der Waals surface area contributed by atoms with Gasteiger partial charge in [-0.3, -0.25) is 0 Å². The zero-order chi connectivity index (χ0) is 41.2. The molecule has 0 aliphatic heterocycles. The molecule has 292 valence electrons. The molecule has 1 heterocycles. The van der Waals surface area contributed by atoms with Crippen LogP contribution in [0.5, 0.6) is 0 Å². The SMILES string of the molecule is c1ccc(-c2cccc(-c3cccc(N(c4cccc(-c5ccc(-c6ccc7oc8ccccc8c7c6)cc5)c4)c4cccc(-c5cccc(-c6ccccc6)c5)c4)c3)c2)cc1. The molecule has 2 heteroatoms. The van der Waals surface area contributed by atoms with Gasteiger partial charge in [-0.1, -0.05) is 182 Å². The monoisotopic (exact) mass is 791 g/mol. The van der Waals surface area contributed by atoms with Gasteiger partial charge in [-0.25, -0.2) is 0 Å². The van der Waals surface area contributed by atoms with Crippen LogP contribution in [0, 0.1) is 0 Å². The maximum Gasteiger partial charge on any atom is 0.135 e. The van der Waals surface area contributed by atoms with E-state index < -0.39 is 0 Å². The van der Waals surface area contributed by atoms with Crippen molar-refractivity contribution < 1.29 is 4.42 Å². The molecule has 0 atom stereocenters. The Labute approximate surface area is 362 Å². The van der Waals surface area contributed by atoms with Crippen LogP contribution in [-0.2, 0) is 0 Å². The van der Waals surface area contributed by atoms with Crippen molar-refractivity contribution in [2.75, 3.05) is 4.90 Å². The second-order valence-corrected chi connectivity index (χ2v) is 15.8. The minimum atomic E-state index is 0.908. The minimum absolute atomic E-state index is 0.908. The Hall–Kier alpha value is -8.20. The summed E-state index contributed by atoms with van der Waals surface area (Å²) in [5.41, 5.74) is 19.2. The van der Waals surface area contributed by atoms with Gasteiger partial charge in [0.25, 0.3) is 0 Å². The molecule has 0 fully saturated rings. The third kappa shape index (κ3) is 7.25. The molecule has 0 saturated heterocycles. The summed E-state index contributed by atoms with van der Waals surface area (Å²) in [6.07, 6.45) is 0. The van der Waals surface area contributed by atoms with Crippen molar-refractivity contribution >= 4 is 39.0 Å². The lowest BCUT2D eigenvalue weighted by atomic mass is 9.97. The third-order valence-corrected chi connectivity index (χ3v) is 11.8. The zero-order valence-corrected chi connectivity index (χ0v) is 34.0. The van der Waals surface area contributed by atoms with Gasteiger partial charge in [0, 0.05) is 27.8 Å². The maximum absolute atomic E-state index is 6.11. The lowest BCUT2D eigenvalue weighted by Gasteiger charge is -2.27. The Morgan fingerprint density at radius 1 is 0.210 bits per heavy atom. The smallest absolute Gasteiger partial charge is 0.135 e. The second-order valence-electron chi connectivity index (χ2n) is 15.8. The molecule has 11 aromatic rings. The molecule has 0 radical (unpaired) electrons. The van der Waals surface area contributed by atoms with Crippen molar-refractivity contribution in [3.63, 3.8) is 0 Å². The number of nitrogens with zero attached hydrogens (tertiary/aromatic N) is 1. The average molecular weight is 792 g/mol. The molecular weight excluding hydrogens is 751 g/mol. The quantitative estimate of drug-likeness (QED) is 0.145. The molecule has 0 N–H and O–H groups in total. The van der Waals surface area contributed by atoms with Gasteiger partial charge in [-0.05, 0) is 133 Å². The van der Waals surface area contributed by atoms with Crippen LogP contribution >= 0.6 is 0 Å². The highest BCUT2D eigenvalue weighted by Crippen LogP contribution is 2.41. The van der Waals surface area contributed by atoms with Crippen LogP contribution in [0.1, 0.15) is 0 Å². The lowest BCUT2D eigenvalue weighted by molar-refractivity contribution is 0.669. The summed E-state index contributed by atoms with van der Waals surface area (Å²) in [4.78, 5) is 2.39. The molecule has 0 aliphatic rings. The van der Waals surface area contributed by atoms with Crippen molar-refractivity contribution in [1.82, 2.24) is 0 Å². The molecular formula is C60H41NO. The standard InChI is InChI=1S/C60H41NO/c1-3-14-42(15-4-1)46-18-9-20-48(36-46)51-23-12-26-55(39-51)61(56-27-13-24-52(40-56)49-21-10-19-47(37-49)43-16-5-2-6-17-43)54-25-11-22-50(38-54)44-30-32-45(33-31-44)53-34-35-60-58(41-53)57-28-7-8-29-59(57)62-60/h1-41H. The van der Waals surface area contributed by atoms with E-state index in [2.05, 4.69) is 241 Å². The first kappa shape index (κ1) is 36.8. The zero-order valence-electron chi connectivity index (χ0n) is 34.0. The van der Waals surface area contributed by atoms with Crippen LogP contribution in [0.15, 0.2) is 253 Å². The highest BCUT2D eigenvalue weighted by atomic mass is 16.3. The summed E-state index contributed by atoms with van der Waals surface area (Å²) in [6.45, 7) is 0.